The third kappa shape index (κ3) is 4.80. The van der Waals surface area contributed by atoms with E-state index in [1.807, 2.05) is 0 Å². The zero-order valence-electron chi connectivity index (χ0n) is 56.5. The fraction of sp³-hybridized carbons (Fsp3) is 0. The van der Waals surface area contributed by atoms with Crippen LogP contribution in [-0.4, -0.2) is 9.13 Å². The molecule has 0 bridgehead atoms. The van der Waals surface area contributed by atoms with E-state index in [1.165, 1.54) is 0 Å². The van der Waals surface area contributed by atoms with Crippen LogP contribution in [0.3, 0.4) is 0 Å². The van der Waals surface area contributed by atoms with Crippen molar-refractivity contribution in [2.75, 3.05) is 0 Å². The van der Waals surface area contributed by atoms with Gasteiger partial charge in [-0.3, -0.25) is 0 Å². The van der Waals surface area contributed by atoms with Gasteiger partial charge in [-0.2, -0.15) is 0 Å². The van der Waals surface area contributed by atoms with Crippen LogP contribution in [0.4, 0.5) is 0 Å². The molecular weight excluding hydrogens is 617 g/mol. The van der Waals surface area contributed by atoms with Gasteiger partial charge < -0.3 is 9.13 Å². The molecule has 0 aliphatic rings. The van der Waals surface area contributed by atoms with Crippen LogP contribution in [0.2, 0.25) is 0 Å². The summed E-state index contributed by atoms with van der Waals surface area (Å²) in [5.74, 6) is 0. The summed E-state index contributed by atoms with van der Waals surface area (Å²) in [4.78, 5) is 0. The molecular formula is C49H32N2. The van der Waals surface area contributed by atoms with Crippen LogP contribution < -0.4 is 0 Å². The quantitative estimate of drug-likeness (QED) is 0.171. The molecule has 238 valence electrons. The van der Waals surface area contributed by atoms with Gasteiger partial charge in [-0.15, -0.1) is 0 Å². The molecule has 0 unspecified atom stereocenters. The Labute approximate surface area is 340 Å². The number of benzene rings is 8. The van der Waals surface area contributed by atoms with Crippen LogP contribution in [0.5, 0.6) is 0 Å². The Morgan fingerprint density at radius 3 is 1.41 bits per heavy atom. The molecule has 8 aromatic carbocycles. The SMILES string of the molecule is [2H]c1c([2H])c([2H])c(-c2c([2H])c([2H])c(-n3c4c([2H])c([2H])c([2H])c([2H])c4c4c5c6c([2H])c([2H])c([2H])c([2H])c6n(-c6c([2H])c([2H])c([2H])c(-c7c([2H])c([2H])c(-c8c([2H])c([2H])c([2H])c([CH])c8[2H])c([2H])c7[2H])c6[2H])c5c([2H])c([2H])c43)c([2H])c2[2H])c([2H])c1[2H]. The molecule has 0 fully saturated rings. The average molecular weight is 680 g/mol. The maximum atomic E-state index is 9.82. The van der Waals surface area contributed by atoms with Gasteiger partial charge >= 0.3 is 0 Å². The Bertz CT molecular complexity index is 4590. The van der Waals surface area contributed by atoms with Crippen LogP contribution in [0.1, 0.15) is 48.1 Å². The van der Waals surface area contributed by atoms with E-state index in [1.54, 1.807) is 0 Å². The van der Waals surface area contributed by atoms with Crippen LogP contribution >= 0.6 is 0 Å². The Morgan fingerprint density at radius 2 is 0.784 bits per heavy atom. The summed E-state index contributed by atoms with van der Waals surface area (Å²) >= 11 is 0. The maximum Gasteiger partial charge on any atom is 0.0651 e. The molecule has 0 spiro atoms. The van der Waals surface area contributed by atoms with Gasteiger partial charge in [0.2, 0.25) is 0 Å². The van der Waals surface area contributed by atoms with Crippen molar-refractivity contribution in [3.63, 3.8) is 0 Å². The molecule has 2 aromatic heterocycles. The summed E-state index contributed by atoms with van der Waals surface area (Å²) in [6, 6.07) is -30.3. The second-order valence-electron chi connectivity index (χ2n) is 10.8. The van der Waals surface area contributed by atoms with E-state index in [0.717, 1.165) is 0 Å². The predicted molar refractivity (Wildman–Crippen MR) is 215 cm³/mol. The molecule has 2 heteroatoms. The van der Waals surface area contributed by atoms with E-state index in [4.69, 9.17) is 30.2 Å². The molecule has 2 nitrogen and oxygen atoms in total. The number of aromatic nitrogens is 2. The van der Waals surface area contributed by atoms with Gasteiger partial charge in [-0.25, -0.2) is 0 Å². The highest BCUT2D eigenvalue weighted by Gasteiger charge is 2.20. The molecule has 10 rings (SSSR count). The molecule has 0 saturated heterocycles. The Morgan fingerprint density at radius 1 is 0.333 bits per heavy atom. The maximum absolute atomic E-state index is 9.82. The molecule has 0 saturated carbocycles. The first-order chi connectivity index (χ1) is 38.1. The summed E-state index contributed by atoms with van der Waals surface area (Å²) in [5, 5.41) is -2.42. The van der Waals surface area contributed by atoms with E-state index >= 15 is 0 Å². The second kappa shape index (κ2) is 11.8. The molecule has 0 N–H and O–H groups in total. The van der Waals surface area contributed by atoms with Crippen molar-refractivity contribution in [3.8, 4) is 44.8 Å². The number of nitrogens with zero attached hydrogens (tertiary/aromatic N) is 2. The van der Waals surface area contributed by atoms with Gasteiger partial charge in [0.25, 0.3) is 0 Å². The monoisotopic (exact) mass is 679 g/mol. The molecule has 2 radical (unpaired) electrons. The van der Waals surface area contributed by atoms with Crippen LogP contribution in [-0.2, 0) is 0 Å². The second-order valence-corrected chi connectivity index (χ2v) is 10.8. The summed E-state index contributed by atoms with van der Waals surface area (Å²) in [6.07, 6.45) is 0. The normalized spacial score (nSPS) is 20.1. The number of para-hydroxylation sites is 2. The van der Waals surface area contributed by atoms with Crippen molar-refractivity contribution in [1.29, 1.82) is 0 Å². The Hall–Kier alpha value is -6.64. The van der Waals surface area contributed by atoms with E-state index in [2.05, 4.69) is 0 Å². The van der Waals surface area contributed by atoms with Crippen molar-refractivity contribution < 1.29 is 42.5 Å². The van der Waals surface area contributed by atoms with E-state index in [-0.39, 0.29) is 0 Å². The zero-order chi connectivity index (χ0) is 60.9. The Kier molecular flexibility index (Phi) is 2.70. The molecule has 0 aliphatic carbocycles. The summed E-state index contributed by atoms with van der Waals surface area (Å²) in [7, 11) is 0. The highest BCUT2D eigenvalue weighted by molar-refractivity contribution is 6.28. The standard InChI is InChI=1S/C49H32N2/c1-33-11-9-14-38(31-33)36-21-23-37(24-22-36)39-15-10-16-41(32-39)51-45-20-8-6-18-43(45)49-47(51)30-29-46-48(49)42-17-5-7-19-44(42)50(46)40-27-25-35(26-28-40)34-12-3-2-4-13-34/h1-32H/i2D,3D,4D,5D,6D,7D,8D,9D,10D,11D,12D,13D,14D,15D,16D,17D,18D,19D,20D,21D,22D,23D,24D,25D,26D,27D,28D,29D,30D,31D,32D. The van der Waals surface area contributed by atoms with Crippen molar-refractivity contribution in [3.05, 3.63) is 200 Å². The zero-order valence-corrected chi connectivity index (χ0v) is 25.5. The van der Waals surface area contributed by atoms with Crippen molar-refractivity contribution in [2.24, 2.45) is 0 Å². The van der Waals surface area contributed by atoms with E-state index < -0.39 is 281 Å². The average Bonchev–Trinajstić information content (AvgIpc) is 4.21. The fourth-order valence-electron chi connectivity index (χ4n) is 5.82. The predicted octanol–water partition coefficient (Wildman–Crippen LogP) is 12.9. The van der Waals surface area contributed by atoms with Gasteiger partial charge in [0.1, 0.15) is 0 Å². The van der Waals surface area contributed by atoms with E-state index in [0.29, 0.717) is 9.13 Å². The van der Waals surface area contributed by atoms with E-state index in [9.17, 15) is 19.2 Å². The van der Waals surface area contributed by atoms with Gasteiger partial charge in [0, 0.05) is 32.9 Å². The number of rotatable bonds is 5. The number of hydrogen-bond donors (Lipinski definition) is 0. The van der Waals surface area contributed by atoms with Gasteiger partial charge in [-0.1, -0.05) is 139 Å². The fourth-order valence-corrected chi connectivity index (χ4v) is 5.82. The smallest absolute Gasteiger partial charge is 0.0651 e. The van der Waals surface area contributed by atoms with Gasteiger partial charge in [0.15, 0.2) is 0 Å². The van der Waals surface area contributed by atoms with Crippen molar-refractivity contribution in [2.45, 2.75) is 0 Å². The van der Waals surface area contributed by atoms with Crippen molar-refractivity contribution >= 4 is 43.6 Å². The van der Waals surface area contributed by atoms with Crippen LogP contribution in [0.25, 0.3) is 88.4 Å². The summed E-state index contributed by atoms with van der Waals surface area (Å²) < 4.78 is 280. The van der Waals surface area contributed by atoms with Crippen molar-refractivity contribution in [1.82, 2.24) is 9.13 Å². The minimum absolute atomic E-state index is 0.576. The Balaban J connectivity index is 1.42. The molecule has 2 heterocycles. The molecule has 51 heavy (non-hydrogen) atoms. The lowest BCUT2D eigenvalue weighted by Gasteiger charge is -2.12. The third-order valence-corrected chi connectivity index (χ3v) is 7.94. The van der Waals surface area contributed by atoms with Crippen LogP contribution in [0, 0.1) is 6.92 Å². The van der Waals surface area contributed by atoms with Gasteiger partial charge in [-0.05, 0) is 94.2 Å². The minimum atomic E-state index is -1.12. The minimum Gasteiger partial charge on any atom is -0.309 e. The summed E-state index contributed by atoms with van der Waals surface area (Å²) in [6.45, 7) is 5.89. The third-order valence-electron chi connectivity index (χ3n) is 7.94. The molecule has 10 aromatic rings. The lowest BCUT2D eigenvalue weighted by atomic mass is 9.99. The largest absolute Gasteiger partial charge is 0.309 e. The number of fused-ring (bicyclic) bond motifs is 7. The first kappa shape index (κ1) is 11.7. The highest BCUT2D eigenvalue weighted by Crippen LogP contribution is 2.42. The first-order valence-corrected chi connectivity index (χ1v) is 14.9. The highest BCUT2D eigenvalue weighted by atomic mass is 15.0. The molecule has 0 aliphatic heterocycles. The number of hydrogen-bond acceptors (Lipinski definition) is 0. The molecule has 0 atom stereocenters. The topological polar surface area (TPSA) is 9.86 Å². The van der Waals surface area contributed by atoms with Gasteiger partial charge in [0.05, 0.1) is 64.6 Å². The van der Waals surface area contributed by atoms with Crippen LogP contribution in [0.15, 0.2) is 187 Å². The lowest BCUT2D eigenvalue weighted by molar-refractivity contribution is 1.17. The molecule has 0 amide bonds. The first-order valence-electron chi connectivity index (χ1n) is 30.4. The summed E-state index contributed by atoms with van der Waals surface area (Å²) in [5.41, 5.74) is -10.1. The lowest BCUT2D eigenvalue weighted by Crippen LogP contribution is -1.95.